The van der Waals surface area contributed by atoms with Crippen molar-refractivity contribution in [2.45, 2.75) is 40.0 Å². The highest BCUT2D eigenvalue weighted by atomic mass is 16.2. The van der Waals surface area contributed by atoms with Gasteiger partial charge in [0.1, 0.15) is 0 Å². The monoisotopic (exact) mass is 262 g/mol. The highest BCUT2D eigenvalue weighted by Crippen LogP contribution is 2.31. The molecule has 1 saturated carbocycles. The Hall–Kier alpha value is -1.51. The summed E-state index contributed by atoms with van der Waals surface area (Å²) in [5.41, 5.74) is 8.79. The fourth-order valence-electron chi connectivity index (χ4n) is 2.06. The quantitative estimate of drug-likeness (QED) is 0.747. The number of hydrogen-bond acceptors (Lipinski definition) is 2. The Morgan fingerprint density at radius 3 is 2.47 bits per heavy atom. The van der Waals surface area contributed by atoms with Crippen LogP contribution in [0.4, 0.5) is 0 Å². The van der Waals surface area contributed by atoms with Crippen molar-refractivity contribution in [1.82, 2.24) is 4.90 Å². The van der Waals surface area contributed by atoms with E-state index in [1.54, 1.807) is 11.1 Å². The highest BCUT2D eigenvalue weighted by Gasteiger charge is 2.32. The van der Waals surface area contributed by atoms with Crippen LogP contribution in [0.3, 0.4) is 0 Å². The van der Waals surface area contributed by atoms with E-state index in [4.69, 9.17) is 5.73 Å². The van der Waals surface area contributed by atoms with E-state index in [-0.39, 0.29) is 11.8 Å². The van der Waals surface area contributed by atoms with Crippen LogP contribution < -0.4 is 5.73 Å². The first kappa shape index (κ1) is 15.5. The van der Waals surface area contributed by atoms with Gasteiger partial charge in [-0.2, -0.15) is 0 Å². The lowest BCUT2D eigenvalue weighted by atomic mass is 9.96. The Kier molecular flexibility index (Phi) is 5.40. The Bertz CT molecular complexity index is 414. The van der Waals surface area contributed by atoms with Crippen LogP contribution in [0.2, 0.25) is 0 Å². The molecule has 0 aromatic rings. The molecule has 0 aliphatic heterocycles. The number of carbonyl (C=O) groups excluding carboxylic acids is 1. The van der Waals surface area contributed by atoms with Crippen molar-refractivity contribution in [2.75, 3.05) is 7.05 Å². The van der Waals surface area contributed by atoms with E-state index < -0.39 is 0 Å². The number of nitrogens with zero attached hydrogens (tertiary/aromatic N) is 1. The van der Waals surface area contributed by atoms with E-state index in [1.165, 1.54) is 0 Å². The summed E-state index contributed by atoms with van der Waals surface area (Å²) >= 11 is 0. The van der Waals surface area contributed by atoms with Gasteiger partial charge in [0.2, 0.25) is 5.91 Å². The predicted molar refractivity (Wildman–Crippen MR) is 80.1 cm³/mol. The third kappa shape index (κ3) is 4.27. The minimum atomic E-state index is 0.203. The van der Waals surface area contributed by atoms with Gasteiger partial charge in [-0.15, -0.1) is 0 Å². The zero-order chi connectivity index (χ0) is 14.6. The van der Waals surface area contributed by atoms with Crippen LogP contribution in [-0.2, 0) is 4.79 Å². The minimum Gasteiger partial charge on any atom is -0.404 e. The first-order valence-corrected chi connectivity index (χ1v) is 6.92. The molecule has 0 aromatic heterocycles. The van der Waals surface area contributed by atoms with Gasteiger partial charge in [0.05, 0.1) is 0 Å². The predicted octanol–water partition coefficient (Wildman–Crippen LogP) is 3.20. The van der Waals surface area contributed by atoms with Crippen molar-refractivity contribution in [3.63, 3.8) is 0 Å². The van der Waals surface area contributed by atoms with Gasteiger partial charge in [0.25, 0.3) is 0 Å². The number of nitrogens with two attached hydrogens (primary N) is 1. The Labute approximate surface area is 116 Å². The first-order chi connectivity index (χ1) is 8.88. The summed E-state index contributed by atoms with van der Waals surface area (Å²) < 4.78 is 0. The number of carbonyl (C=O) groups is 1. The molecule has 1 fully saturated rings. The van der Waals surface area contributed by atoms with Gasteiger partial charge >= 0.3 is 0 Å². The smallest absolute Gasteiger partial charge is 0.229 e. The Balaban J connectivity index is 2.59. The van der Waals surface area contributed by atoms with Crippen molar-refractivity contribution < 1.29 is 4.79 Å². The topological polar surface area (TPSA) is 46.3 Å². The van der Waals surface area contributed by atoms with Crippen LogP contribution in [0.5, 0.6) is 0 Å². The minimum absolute atomic E-state index is 0.203. The van der Waals surface area contributed by atoms with E-state index in [2.05, 4.69) is 33.4 Å². The van der Waals surface area contributed by atoms with Crippen molar-refractivity contribution >= 4 is 5.91 Å². The molecule has 0 saturated heterocycles. The molecule has 1 amide bonds. The molecular weight excluding hydrogens is 236 g/mol. The van der Waals surface area contributed by atoms with E-state index in [0.717, 1.165) is 29.7 Å². The molecule has 1 aliphatic carbocycles. The zero-order valence-corrected chi connectivity index (χ0v) is 12.6. The SMILES string of the molecule is C=C(C/C=C(C)\C(=C/N)C(C)C)N(C)C(=O)C1CC1. The zero-order valence-electron chi connectivity index (χ0n) is 12.6. The molecule has 106 valence electrons. The first-order valence-electron chi connectivity index (χ1n) is 6.92. The summed E-state index contributed by atoms with van der Waals surface area (Å²) in [4.78, 5) is 13.6. The number of hydrogen-bond donors (Lipinski definition) is 1. The lowest BCUT2D eigenvalue weighted by Crippen LogP contribution is -2.26. The Morgan fingerprint density at radius 2 is 2.05 bits per heavy atom. The van der Waals surface area contributed by atoms with Gasteiger partial charge in [0, 0.05) is 25.1 Å². The molecule has 0 unspecified atom stereocenters. The van der Waals surface area contributed by atoms with Gasteiger partial charge in [-0.1, -0.05) is 26.5 Å². The molecule has 3 heteroatoms. The second kappa shape index (κ2) is 6.60. The molecule has 1 aliphatic rings. The van der Waals surface area contributed by atoms with Gasteiger partial charge in [-0.3, -0.25) is 4.79 Å². The summed E-state index contributed by atoms with van der Waals surface area (Å²) in [7, 11) is 1.81. The van der Waals surface area contributed by atoms with Crippen LogP contribution >= 0.6 is 0 Å². The third-order valence-electron chi connectivity index (χ3n) is 3.63. The van der Waals surface area contributed by atoms with Gasteiger partial charge < -0.3 is 10.6 Å². The summed E-state index contributed by atoms with van der Waals surface area (Å²) in [5.74, 6) is 0.844. The van der Waals surface area contributed by atoms with E-state index in [9.17, 15) is 4.79 Å². The lowest BCUT2D eigenvalue weighted by Gasteiger charge is -2.19. The van der Waals surface area contributed by atoms with Crippen molar-refractivity contribution in [3.8, 4) is 0 Å². The molecule has 19 heavy (non-hydrogen) atoms. The normalized spacial score (nSPS) is 16.7. The van der Waals surface area contributed by atoms with Crippen molar-refractivity contribution in [1.29, 1.82) is 0 Å². The largest absolute Gasteiger partial charge is 0.404 e. The molecule has 0 atom stereocenters. The maximum absolute atomic E-state index is 11.9. The van der Waals surface area contributed by atoms with Crippen LogP contribution in [-0.4, -0.2) is 17.9 Å². The molecule has 2 N–H and O–H groups in total. The molecule has 3 nitrogen and oxygen atoms in total. The Morgan fingerprint density at radius 1 is 1.47 bits per heavy atom. The summed E-state index contributed by atoms with van der Waals surface area (Å²) in [6.07, 6.45) is 6.50. The fourth-order valence-corrected chi connectivity index (χ4v) is 2.06. The summed E-state index contributed by atoms with van der Waals surface area (Å²) in [6, 6.07) is 0. The van der Waals surface area contributed by atoms with Gasteiger partial charge in [-0.05, 0) is 43.0 Å². The maximum Gasteiger partial charge on any atom is 0.229 e. The number of allylic oxidation sites excluding steroid dienone is 3. The molecule has 0 aromatic carbocycles. The second-order valence-electron chi connectivity index (χ2n) is 5.61. The van der Waals surface area contributed by atoms with Crippen molar-refractivity contribution in [3.05, 3.63) is 35.7 Å². The molecular formula is C16H26N2O. The van der Waals surface area contributed by atoms with E-state index in [1.807, 2.05) is 7.05 Å². The average Bonchev–Trinajstić information content (AvgIpc) is 3.18. The highest BCUT2D eigenvalue weighted by molar-refractivity contribution is 5.82. The molecule has 1 rings (SSSR count). The summed E-state index contributed by atoms with van der Waals surface area (Å²) in [6.45, 7) is 10.3. The second-order valence-corrected chi connectivity index (χ2v) is 5.61. The van der Waals surface area contributed by atoms with E-state index in [0.29, 0.717) is 12.3 Å². The van der Waals surface area contributed by atoms with Crippen LogP contribution in [0.25, 0.3) is 0 Å². The molecule has 0 radical (unpaired) electrons. The van der Waals surface area contributed by atoms with E-state index >= 15 is 0 Å². The number of amides is 1. The lowest BCUT2D eigenvalue weighted by molar-refractivity contribution is -0.129. The van der Waals surface area contributed by atoms with Crippen molar-refractivity contribution in [2.24, 2.45) is 17.6 Å². The number of rotatable bonds is 6. The molecule has 0 spiro atoms. The van der Waals surface area contributed by atoms with Crippen LogP contribution in [0.1, 0.15) is 40.0 Å². The van der Waals surface area contributed by atoms with Crippen LogP contribution in [0.15, 0.2) is 35.7 Å². The summed E-state index contributed by atoms with van der Waals surface area (Å²) in [5, 5.41) is 0. The van der Waals surface area contributed by atoms with Gasteiger partial charge in [0.15, 0.2) is 0 Å². The van der Waals surface area contributed by atoms with Gasteiger partial charge in [-0.25, -0.2) is 0 Å². The fraction of sp³-hybridized carbons (Fsp3) is 0.562. The maximum atomic E-state index is 11.9. The standard InChI is InChI=1S/C16H26N2O/c1-11(2)15(10-17)12(3)6-7-13(4)18(5)16(19)14-8-9-14/h6,10-11,14H,4,7-9,17H2,1-3,5H3/b12-6-,15-10-. The van der Waals surface area contributed by atoms with Crippen LogP contribution in [0, 0.1) is 11.8 Å². The molecule has 0 heterocycles. The molecule has 0 bridgehead atoms. The third-order valence-corrected chi connectivity index (χ3v) is 3.63. The average molecular weight is 262 g/mol.